The maximum absolute atomic E-state index is 6.82. The van der Waals surface area contributed by atoms with E-state index in [1.807, 2.05) is 0 Å². The van der Waals surface area contributed by atoms with E-state index in [0.717, 1.165) is 19.4 Å². The standard InChI is InChI=1S/C24H40NO4PSi/c1-8-19-22(20(17-26-19)28-31(6,7)23(2,3)4)27-30-25-16-12-15-21(25)24(5,29-30)18-13-10-9-11-14-18/h9-11,13-14,19-22H,8,12,15-17H2,1-7H3/t19-,20-,21+,22?,24-,30+/m1/s1. The van der Waals surface area contributed by atoms with Crippen molar-refractivity contribution in [1.82, 2.24) is 4.67 Å². The highest BCUT2D eigenvalue weighted by atomic mass is 31.2. The normalized spacial score (nSPS) is 36.8. The summed E-state index contributed by atoms with van der Waals surface area (Å²) in [5.41, 5.74) is 0.907. The molecule has 174 valence electrons. The lowest BCUT2D eigenvalue weighted by atomic mass is 9.87. The van der Waals surface area contributed by atoms with Crippen molar-refractivity contribution in [3.05, 3.63) is 35.9 Å². The highest BCUT2D eigenvalue weighted by Gasteiger charge is 2.57. The van der Waals surface area contributed by atoms with Gasteiger partial charge in [0.05, 0.1) is 24.9 Å². The van der Waals surface area contributed by atoms with E-state index in [4.69, 9.17) is 18.2 Å². The molecule has 3 aliphatic heterocycles. The third-order valence-corrected chi connectivity index (χ3v) is 14.1. The summed E-state index contributed by atoms with van der Waals surface area (Å²) in [6.45, 7) is 17.5. The molecule has 1 unspecified atom stereocenters. The van der Waals surface area contributed by atoms with Gasteiger partial charge in [0, 0.05) is 6.54 Å². The molecule has 0 radical (unpaired) electrons. The summed E-state index contributed by atoms with van der Waals surface area (Å²) < 4.78 is 29.0. The van der Waals surface area contributed by atoms with Crippen molar-refractivity contribution in [2.24, 2.45) is 0 Å². The maximum atomic E-state index is 6.82. The quantitative estimate of drug-likeness (QED) is 0.369. The molecule has 0 aliphatic carbocycles. The fourth-order valence-electron chi connectivity index (χ4n) is 4.77. The number of hydrogen-bond acceptors (Lipinski definition) is 5. The SMILES string of the molecule is CC[C@H]1OC[C@@H](O[Si](C)(C)C(C)(C)C)C1O[P@@]1O[C@](C)(c2ccccc2)[C@@H]2CCCN21. The average molecular weight is 466 g/mol. The van der Waals surface area contributed by atoms with Crippen LogP contribution in [0.1, 0.15) is 59.4 Å². The van der Waals surface area contributed by atoms with Crippen LogP contribution in [0.4, 0.5) is 0 Å². The third kappa shape index (κ3) is 4.42. The summed E-state index contributed by atoms with van der Waals surface area (Å²) in [4.78, 5) is 0. The first-order valence-corrected chi connectivity index (χ1v) is 15.9. The smallest absolute Gasteiger partial charge is 0.260 e. The lowest BCUT2D eigenvalue weighted by Crippen LogP contribution is -2.48. The number of ether oxygens (including phenoxy) is 1. The lowest BCUT2D eigenvalue weighted by Gasteiger charge is -2.40. The Bertz CT molecular complexity index is 758. The first-order valence-electron chi connectivity index (χ1n) is 11.8. The van der Waals surface area contributed by atoms with Crippen molar-refractivity contribution >= 4 is 16.8 Å². The predicted molar refractivity (Wildman–Crippen MR) is 129 cm³/mol. The van der Waals surface area contributed by atoms with Gasteiger partial charge < -0.3 is 18.2 Å². The number of hydrogen-bond donors (Lipinski definition) is 0. The molecule has 5 nitrogen and oxygen atoms in total. The van der Waals surface area contributed by atoms with Crippen LogP contribution in [0, 0.1) is 0 Å². The summed E-state index contributed by atoms with van der Waals surface area (Å²) in [5, 5.41) is 0.156. The second kappa shape index (κ2) is 8.79. The van der Waals surface area contributed by atoms with Gasteiger partial charge >= 0.3 is 0 Å². The molecule has 3 saturated heterocycles. The molecule has 3 aliphatic rings. The number of benzene rings is 1. The molecule has 3 heterocycles. The van der Waals surface area contributed by atoms with Crippen LogP contribution in [0.3, 0.4) is 0 Å². The molecule has 3 fully saturated rings. The summed E-state index contributed by atoms with van der Waals surface area (Å²) in [7, 11) is -3.07. The summed E-state index contributed by atoms with van der Waals surface area (Å²) in [6.07, 6.45) is 3.22. The molecule has 4 rings (SSSR count). The molecule has 6 atom stereocenters. The third-order valence-electron chi connectivity index (χ3n) is 7.76. The molecule has 0 spiro atoms. The van der Waals surface area contributed by atoms with E-state index in [1.54, 1.807) is 0 Å². The number of nitrogens with zero attached hydrogens (tertiary/aromatic N) is 1. The minimum atomic E-state index is -1.92. The molecule has 0 N–H and O–H groups in total. The molecule has 0 bridgehead atoms. The van der Waals surface area contributed by atoms with Crippen LogP contribution in [0.5, 0.6) is 0 Å². The van der Waals surface area contributed by atoms with Gasteiger partial charge in [-0.25, -0.2) is 4.67 Å². The fourth-order valence-corrected chi connectivity index (χ4v) is 8.25. The van der Waals surface area contributed by atoms with Gasteiger partial charge in [-0.2, -0.15) is 0 Å². The summed E-state index contributed by atoms with van der Waals surface area (Å²) >= 11 is 0. The van der Waals surface area contributed by atoms with Crippen LogP contribution < -0.4 is 0 Å². The van der Waals surface area contributed by atoms with Crippen molar-refractivity contribution in [2.75, 3.05) is 13.2 Å². The molecule has 0 amide bonds. The van der Waals surface area contributed by atoms with E-state index in [2.05, 4.69) is 82.7 Å². The highest BCUT2D eigenvalue weighted by molar-refractivity contribution is 7.45. The second-order valence-electron chi connectivity index (χ2n) is 10.9. The van der Waals surface area contributed by atoms with E-state index >= 15 is 0 Å². The van der Waals surface area contributed by atoms with Gasteiger partial charge in [-0.3, -0.25) is 0 Å². The zero-order chi connectivity index (χ0) is 22.4. The van der Waals surface area contributed by atoms with Gasteiger partial charge in [0.1, 0.15) is 11.7 Å². The first kappa shape index (κ1) is 23.8. The van der Waals surface area contributed by atoms with Crippen LogP contribution in [-0.2, 0) is 23.8 Å². The van der Waals surface area contributed by atoms with Crippen LogP contribution in [0.2, 0.25) is 18.1 Å². The largest absolute Gasteiger partial charge is 0.409 e. The molecule has 31 heavy (non-hydrogen) atoms. The zero-order valence-corrected chi connectivity index (χ0v) is 22.2. The Hall–Kier alpha value is -0.333. The van der Waals surface area contributed by atoms with E-state index in [-0.39, 0.29) is 29.0 Å². The van der Waals surface area contributed by atoms with Gasteiger partial charge in [0.25, 0.3) is 8.53 Å². The van der Waals surface area contributed by atoms with Crippen molar-refractivity contribution in [2.45, 2.75) is 102 Å². The summed E-state index contributed by atoms with van der Waals surface area (Å²) in [6, 6.07) is 11.0. The lowest BCUT2D eigenvalue weighted by molar-refractivity contribution is 0.0252. The van der Waals surface area contributed by atoms with E-state index in [9.17, 15) is 0 Å². The Kier molecular flexibility index (Phi) is 6.75. The van der Waals surface area contributed by atoms with E-state index in [1.165, 1.54) is 12.0 Å². The maximum Gasteiger partial charge on any atom is 0.260 e. The molecule has 7 heteroatoms. The topological polar surface area (TPSA) is 40.2 Å². The second-order valence-corrected chi connectivity index (χ2v) is 17.0. The van der Waals surface area contributed by atoms with Crippen LogP contribution in [-0.4, -0.2) is 50.5 Å². The van der Waals surface area contributed by atoms with Crippen molar-refractivity contribution in [1.29, 1.82) is 0 Å². The molecule has 0 saturated carbocycles. The Balaban J connectivity index is 1.55. The Morgan fingerprint density at radius 1 is 1.23 bits per heavy atom. The molecular formula is C24H40NO4PSi. The zero-order valence-electron chi connectivity index (χ0n) is 20.3. The molecule has 1 aromatic carbocycles. The van der Waals surface area contributed by atoms with Crippen LogP contribution >= 0.6 is 8.53 Å². The van der Waals surface area contributed by atoms with Crippen LogP contribution in [0.25, 0.3) is 0 Å². The summed E-state index contributed by atoms with van der Waals surface area (Å²) in [5.74, 6) is 0. The van der Waals surface area contributed by atoms with Gasteiger partial charge in [-0.1, -0.05) is 58.0 Å². The predicted octanol–water partition coefficient (Wildman–Crippen LogP) is 6.21. The Morgan fingerprint density at radius 3 is 2.58 bits per heavy atom. The van der Waals surface area contributed by atoms with Crippen LogP contribution in [0.15, 0.2) is 30.3 Å². The van der Waals surface area contributed by atoms with Crippen molar-refractivity contribution < 1.29 is 18.2 Å². The van der Waals surface area contributed by atoms with E-state index < -0.39 is 16.8 Å². The van der Waals surface area contributed by atoms with E-state index in [0.29, 0.717) is 12.6 Å². The minimum absolute atomic E-state index is 0.0263. The first-order chi connectivity index (χ1) is 14.6. The van der Waals surface area contributed by atoms with Gasteiger partial charge in [0.15, 0.2) is 8.32 Å². The fraction of sp³-hybridized carbons (Fsp3) is 0.750. The number of fused-ring (bicyclic) bond motifs is 1. The molecule has 1 aromatic rings. The minimum Gasteiger partial charge on any atom is -0.409 e. The Morgan fingerprint density at radius 2 is 1.94 bits per heavy atom. The van der Waals surface area contributed by atoms with Crippen molar-refractivity contribution in [3.63, 3.8) is 0 Å². The Labute approximate surface area is 190 Å². The average Bonchev–Trinajstić information content (AvgIpc) is 3.40. The van der Waals surface area contributed by atoms with Gasteiger partial charge in [0.2, 0.25) is 0 Å². The van der Waals surface area contributed by atoms with Gasteiger partial charge in [-0.05, 0) is 49.9 Å². The monoisotopic (exact) mass is 465 g/mol. The molecular weight excluding hydrogens is 425 g/mol. The number of rotatable bonds is 6. The highest BCUT2D eigenvalue weighted by Crippen LogP contribution is 2.63. The van der Waals surface area contributed by atoms with Crippen molar-refractivity contribution in [3.8, 4) is 0 Å². The van der Waals surface area contributed by atoms with Gasteiger partial charge in [-0.15, -0.1) is 0 Å². The molecule has 0 aromatic heterocycles.